The quantitative estimate of drug-likeness (QED) is 0.145. The fourth-order valence-corrected chi connectivity index (χ4v) is 8.17. The van der Waals surface area contributed by atoms with Crippen LogP contribution in [0.3, 0.4) is 0 Å². The van der Waals surface area contributed by atoms with E-state index < -0.39 is 0 Å². The number of hydrogen-bond donors (Lipinski definition) is 0. The molecule has 0 spiro atoms. The summed E-state index contributed by atoms with van der Waals surface area (Å²) in [6, 6.07) is 83.1. The van der Waals surface area contributed by atoms with Gasteiger partial charge in [-0.3, -0.25) is 0 Å². The Labute approximate surface area is 327 Å². The SMILES string of the molecule is c1ccc(-c2cccc(N(c3ccccc3)c3ccc4c(ccc5c4ccc4cccc(N(c6ccccc6)c6cccc(-c7ccccc7)c6)c45)c3)c2)cc1. The fraction of sp³-hybridized carbons (Fsp3) is 0. The molecule has 10 aromatic carbocycles. The number of benzene rings is 10. The van der Waals surface area contributed by atoms with Crippen LogP contribution < -0.4 is 9.80 Å². The number of hydrogen-bond acceptors (Lipinski definition) is 2. The predicted octanol–water partition coefficient (Wildman–Crippen LogP) is 15.4. The summed E-state index contributed by atoms with van der Waals surface area (Å²) < 4.78 is 0. The van der Waals surface area contributed by atoms with Crippen molar-refractivity contribution in [2.45, 2.75) is 0 Å². The van der Waals surface area contributed by atoms with Crippen LogP contribution in [-0.4, -0.2) is 0 Å². The molecule has 0 radical (unpaired) electrons. The molecule has 0 aliphatic heterocycles. The van der Waals surface area contributed by atoms with Crippen LogP contribution in [0.1, 0.15) is 0 Å². The minimum atomic E-state index is 1.11. The van der Waals surface area contributed by atoms with Crippen molar-refractivity contribution in [1.29, 1.82) is 0 Å². The Morgan fingerprint density at radius 2 is 0.679 bits per heavy atom. The highest BCUT2D eigenvalue weighted by Gasteiger charge is 2.19. The molecule has 0 aliphatic carbocycles. The molecule has 0 aliphatic rings. The predicted molar refractivity (Wildman–Crippen MR) is 239 cm³/mol. The van der Waals surface area contributed by atoms with E-state index in [4.69, 9.17) is 0 Å². The highest BCUT2D eigenvalue weighted by atomic mass is 15.1. The Kier molecular flexibility index (Phi) is 8.55. The van der Waals surface area contributed by atoms with Crippen LogP contribution in [0, 0.1) is 0 Å². The maximum Gasteiger partial charge on any atom is 0.0546 e. The zero-order valence-electron chi connectivity index (χ0n) is 30.8. The number of nitrogens with zero attached hydrogens (tertiary/aromatic N) is 2. The average molecular weight is 715 g/mol. The Hall–Kier alpha value is -7.42. The van der Waals surface area contributed by atoms with Crippen molar-refractivity contribution in [2.75, 3.05) is 9.80 Å². The second kappa shape index (κ2) is 14.4. The number of para-hydroxylation sites is 2. The molecule has 56 heavy (non-hydrogen) atoms. The molecular weight excluding hydrogens is 677 g/mol. The van der Waals surface area contributed by atoms with Gasteiger partial charge in [-0.2, -0.15) is 0 Å². The summed E-state index contributed by atoms with van der Waals surface area (Å²) in [5, 5.41) is 7.33. The number of anilines is 6. The van der Waals surface area contributed by atoms with E-state index in [1.165, 1.54) is 54.6 Å². The lowest BCUT2D eigenvalue weighted by Gasteiger charge is -2.28. The molecule has 264 valence electrons. The third kappa shape index (κ3) is 6.14. The molecule has 0 bridgehead atoms. The number of rotatable bonds is 8. The summed E-state index contributed by atoms with van der Waals surface area (Å²) in [4.78, 5) is 4.76. The third-order valence-electron chi connectivity index (χ3n) is 10.8. The normalized spacial score (nSPS) is 11.2. The van der Waals surface area contributed by atoms with Crippen LogP contribution in [0.25, 0.3) is 54.6 Å². The zero-order valence-corrected chi connectivity index (χ0v) is 30.8. The molecule has 0 aromatic heterocycles. The number of fused-ring (bicyclic) bond motifs is 5. The lowest BCUT2D eigenvalue weighted by molar-refractivity contribution is 1.29. The van der Waals surface area contributed by atoms with Gasteiger partial charge in [0, 0.05) is 33.8 Å². The topological polar surface area (TPSA) is 6.48 Å². The van der Waals surface area contributed by atoms with Crippen molar-refractivity contribution >= 4 is 66.4 Å². The summed E-state index contributed by atoms with van der Waals surface area (Å²) in [7, 11) is 0. The van der Waals surface area contributed by atoms with Gasteiger partial charge in [0.1, 0.15) is 0 Å². The standard InChI is InChI=1S/C54H38N2/c1-5-16-39(17-6-1)42-21-13-27-47(36-42)55(45-23-9-3-10-24-45)49-32-35-50-44(38-49)31-34-52-51(50)33-30-41-20-15-29-53(54(41)52)56(46-25-11-4-12-26-46)48-28-14-22-43(37-48)40-18-7-2-8-19-40/h1-38H. The molecule has 0 saturated heterocycles. The fourth-order valence-electron chi connectivity index (χ4n) is 8.17. The van der Waals surface area contributed by atoms with E-state index in [-0.39, 0.29) is 0 Å². The highest BCUT2D eigenvalue weighted by Crippen LogP contribution is 2.44. The summed E-state index contributed by atoms with van der Waals surface area (Å²) in [6.07, 6.45) is 0. The second-order valence-electron chi connectivity index (χ2n) is 14.2. The van der Waals surface area contributed by atoms with Crippen LogP contribution in [0.15, 0.2) is 231 Å². The zero-order chi connectivity index (χ0) is 37.3. The van der Waals surface area contributed by atoms with Crippen molar-refractivity contribution in [2.24, 2.45) is 0 Å². The van der Waals surface area contributed by atoms with E-state index in [0.717, 1.165) is 34.1 Å². The lowest BCUT2D eigenvalue weighted by Crippen LogP contribution is -2.10. The molecule has 2 nitrogen and oxygen atoms in total. The van der Waals surface area contributed by atoms with E-state index >= 15 is 0 Å². The maximum absolute atomic E-state index is 2.41. The molecule has 0 amide bonds. The lowest BCUT2D eigenvalue weighted by atomic mass is 9.95. The molecule has 0 saturated carbocycles. The van der Waals surface area contributed by atoms with Crippen LogP contribution in [0.4, 0.5) is 34.1 Å². The third-order valence-corrected chi connectivity index (χ3v) is 10.8. The van der Waals surface area contributed by atoms with E-state index in [9.17, 15) is 0 Å². The Balaban J connectivity index is 1.13. The minimum Gasteiger partial charge on any atom is -0.310 e. The summed E-state index contributed by atoms with van der Waals surface area (Å²) in [5.74, 6) is 0. The molecule has 0 atom stereocenters. The van der Waals surface area contributed by atoms with Crippen LogP contribution in [0.5, 0.6) is 0 Å². The highest BCUT2D eigenvalue weighted by molar-refractivity contribution is 6.21. The van der Waals surface area contributed by atoms with Gasteiger partial charge in [0.05, 0.1) is 5.69 Å². The van der Waals surface area contributed by atoms with Gasteiger partial charge in [-0.05, 0) is 116 Å². The van der Waals surface area contributed by atoms with E-state index in [0.29, 0.717) is 0 Å². The van der Waals surface area contributed by atoms with Crippen LogP contribution >= 0.6 is 0 Å². The van der Waals surface area contributed by atoms with Gasteiger partial charge in [-0.1, -0.05) is 164 Å². The van der Waals surface area contributed by atoms with Crippen molar-refractivity contribution in [3.8, 4) is 22.3 Å². The van der Waals surface area contributed by atoms with Gasteiger partial charge in [-0.15, -0.1) is 0 Å². The van der Waals surface area contributed by atoms with Gasteiger partial charge < -0.3 is 9.80 Å². The average Bonchev–Trinajstić information content (AvgIpc) is 3.28. The molecule has 0 N–H and O–H groups in total. The monoisotopic (exact) mass is 714 g/mol. The largest absolute Gasteiger partial charge is 0.310 e. The Bertz CT molecular complexity index is 2960. The Morgan fingerprint density at radius 1 is 0.232 bits per heavy atom. The first-order chi connectivity index (χ1) is 27.8. The Morgan fingerprint density at radius 3 is 1.30 bits per heavy atom. The van der Waals surface area contributed by atoms with Gasteiger partial charge >= 0.3 is 0 Å². The van der Waals surface area contributed by atoms with Gasteiger partial charge in [0.2, 0.25) is 0 Å². The van der Waals surface area contributed by atoms with E-state index in [2.05, 4.69) is 240 Å². The van der Waals surface area contributed by atoms with E-state index in [1.807, 2.05) is 0 Å². The molecular formula is C54H38N2. The first-order valence-electron chi connectivity index (χ1n) is 19.2. The van der Waals surface area contributed by atoms with Crippen LogP contribution in [0.2, 0.25) is 0 Å². The molecule has 0 unspecified atom stereocenters. The maximum atomic E-state index is 2.41. The van der Waals surface area contributed by atoms with E-state index in [1.54, 1.807) is 0 Å². The molecule has 0 heterocycles. The van der Waals surface area contributed by atoms with Gasteiger partial charge in [-0.25, -0.2) is 0 Å². The van der Waals surface area contributed by atoms with Crippen molar-refractivity contribution < 1.29 is 0 Å². The van der Waals surface area contributed by atoms with Crippen molar-refractivity contribution in [1.82, 2.24) is 0 Å². The molecule has 2 heteroatoms. The molecule has 10 aromatic rings. The summed E-state index contributed by atoms with van der Waals surface area (Å²) in [6.45, 7) is 0. The minimum absolute atomic E-state index is 1.11. The van der Waals surface area contributed by atoms with Gasteiger partial charge in [0.25, 0.3) is 0 Å². The van der Waals surface area contributed by atoms with Crippen molar-refractivity contribution in [3.05, 3.63) is 231 Å². The smallest absolute Gasteiger partial charge is 0.0546 e. The van der Waals surface area contributed by atoms with Crippen LogP contribution in [-0.2, 0) is 0 Å². The first-order valence-corrected chi connectivity index (χ1v) is 19.2. The van der Waals surface area contributed by atoms with Crippen molar-refractivity contribution in [3.63, 3.8) is 0 Å². The second-order valence-corrected chi connectivity index (χ2v) is 14.2. The molecule has 10 rings (SSSR count). The van der Waals surface area contributed by atoms with Gasteiger partial charge in [0.15, 0.2) is 0 Å². The summed E-state index contributed by atoms with van der Waals surface area (Å²) >= 11 is 0. The molecule has 0 fully saturated rings. The summed E-state index contributed by atoms with van der Waals surface area (Å²) in [5.41, 5.74) is 11.5. The first kappa shape index (κ1) is 33.2.